The third kappa shape index (κ3) is 22.2. The summed E-state index contributed by atoms with van der Waals surface area (Å²) in [5.74, 6) is -1.67. The largest absolute Gasteiger partial charge is 0.356 e. The van der Waals surface area contributed by atoms with Crippen LogP contribution in [0.5, 0.6) is 0 Å². The molecule has 222 valence electrons. The fourth-order valence-corrected chi connectivity index (χ4v) is 4.51. The standard InChI is InChI=1S/C30H58N4O4/c1-2-3-4-5-6-7-8-9-10-11-12-13-14-15-16-20-28(36)33-23-21-29(37)34-24-26(25-35)30(38)27(32)19-17-18-22-31/h25-27H,2-24,31-32H2,1H3,(H,33,36)(H,34,37)/t26?,27-/m0/s1. The molecule has 2 atom stereocenters. The zero-order valence-corrected chi connectivity index (χ0v) is 24.3. The Morgan fingerprint density at radius 2 is 1.18 bits per heavy atom. The molecular weight excluding hydrogens is 480 g/mol. The van der Waals surface area contributed by atoms with Gasteiger partial charge in [-0.3, -0.25) is 14.4 Å². The van der Waals surface area contributed by atoms with Crippen LogP contribution in [0, 0.1) is 5.92 Å². The fraction of sp³-hybridized carbons (Fsp3) is 0.867. The lowest BCUT2D eigenvalue weighted by Gasteiger charge is -2.16. The van der Waals surface area contributed by atoms with Crippen LogP contribution in [-0.2, 0) is 19.2 Å². The molecule has 0 saturated carbocycles. The molecule has 0 aliphatic carbocycles. The van der Waals surface area contributed by atoms with Crippen LogP contribution in [-0.4, -0.2) is 49.6 Å². The van der Waals surface area contributed by atoms with Crippen LogP contribution in [0.4, 0.5) is 0 Å². The highest BCUT2D eigenvalue weighted by molar-refractivity contribution is 5.97. The minimum absolute atomic E-state index is 0.0445. The Hall–Kier alpha value is -1.80. The van der Waals surface area contributed by atoms with Gasteiger partial charge in [-0.05, 0) is 25.8 Å². The summed E-state index contributed by atoms with van der Waals surface area (Å²) in [6.07, 6.45) is 22.4. The average Bonchev–Trinajstić information content (AvgIpc) is 2.91. The lowest BCUT2D eigenvalue weighted by atomic mass is 9.96. The zero-order valence-electron chi connectivity index (χ0n) is 24.3. The van der Waals surface area contributed by atoms with Gasteiger partial charge in [0.1, 0.15) is 6.29 Å². The average molecular weight is 539 g/mol. The van der Waals surface area contributed by atoms with Crippen molar-refractivity contribution in [2.75, 3.05) is 19.6 Å². The Labute approximate surface area is 232 Å². The molecule has 0 heterocycles. The van der Waals surface area contributed by atoms with E-state index in [0.29, 0.717) is 25.7 Å². The van der Waals surface area contributed by atoms with Gasteiger partial charge < -0.3 is 26.9 Å². The highest BCUT2D eigenvalue weighted by atomic mass is 16.2. The van der Waals surface area contributed by atoms with Crippen molar-refractivity contribution in [2.24, 2.45) is 17.4 Å². The molecule has 0 aromatic carbocycles. The SMILES string of the molecule is CCCCCCCCCCCCCCCCCC(=O)NCCC(=O)NCC(C=O)C(=O)[C@@H](N)CCCCN. The smallest absolute Gasteiger partial charge is 0.221 e. The van der Waals surface area contributed by atoms with Gasteiger partial charge in [0.2, 0.25) is 11.8 Å². The summed E-state index contributed by atoms with van der Waals surface area (Å²) in [6.45, 7) is 2.96. The van der Waals surface area contributed by atoms with Crippen LogP contribution in [0.1, 0.15) is 135 Å². The number of nitrogens with one attached hydrogen (secondary N) is 2. The van der Waals surface area contributed by atoms with Crippen LogP contribution in [0.3, 0.4) is 0 Å². The fourth-order valence-electron chi connectivity index (χ4n) is 4.51. The molecule has 8 nitrogen and oxygen atoms in total. The number of amides is 2. The first kappa shape index (κ1) is 36.2. The van der Waals surface area contributed by atoms with Crippen LogP contribution in [0.2, 0.25) is 0 Å². The summed E-state index contributed by atoms with van der Waals surface area (Å²) in [7, 11) is 0. The molecule has 0 aromatic heterocycles. The Kier molecular flexibility index (Phi) is 25.5. The van der Waals surface area contributed by atoms with E-state index in [4.69, 9.17) is 11.5 Å². The molecule has 0 saturated heterocycles. The number of carbonyl (C=O) groups excluding carboxylic acids is 4. The topological polar surface area (TPSA) is 144 Å². The van der Waals surface area contributed by atoms with Crippen molar-refractivity contribution in [3.8, 4) is 0 Å². The highest BCUT2D eigenvalue weighted by Gasteiger charge is 2.24. The van der Waals surface area contributed by atoms with Gasteiger partial charge in [0.15, 0.2) is 5.78 Å². The van der Waals surface area contributed by atoms with Gasteiger partial charge in [-0.15, -0.1) is 0 Å². The summed E-state index contributed by atoms with van der Waals surface area (Å²) in [6, 6.07) is -0.729. The van der Waals surface area contributed by atoms with Gasteiger partial charge in [0.25, 0.3) is 0 Å². The predicted molar refractivity (Wildman–Crippen MR) is 156 cm³/mol. The Balaban J connectivity index is 3.64. The summed E-state index contributed by atoms with van der Waals surface area (Å²) in [5, 5.41) is 5.36. The monoisotopic (exact) mass is 538 g/mol. The van der Waals surface area contributed by atoms with Crippen molar-refractivity contribution in [3.63, 3.8) is 0 Å². The molecule has 0 aromatic rings. The predicted octanol–water partition coefficient (Wildman–Crippen LogP) is 4.71. The number of unbranched alkanes of at least 4 members (excludes halogenated alkanes) is 15. The van der Waals surface area contributed by atoms with E-state index in [2.05, 4.69) is 17.6 Å². The third-order valence-electron chi connectivity index (χ3n) is 7.07. The number of aldehydes is 1. The maximum atomic E-state index is 12.3. The summed E-state index contributed by atoms with van der Waals surface area (Å²) >= 11 is 0. The van der Waals surface area contributed by atoms with E-state index in [9.17, 15) is 19.2 Å². The maximum Gasteiger partial charge on any atom is 0.221 e. The van der Waals surface area contributed by atoms with E-state index in [1.165, 1.54) is 83.5 Å². The van der Waals surface area contributed by atoms with Crippen molar-refractivity contribution in [1.29, 1.82) is 0 Å². The summed E-state index contributed by atoms with van der Waals surface area (Å²) < 4.78 is 0. The molecular formula is C30H58N4O4. The van der Waals surface area contributed by atoms with Crippen LogP contribution >= 0.6 is 0 Å². The van der Waals surface area contributed by atoms with Crippen molar-refractivity contribution in [1.82, 2.24) is 10.6 Å². The molecule has 0 aliphatic heterocycles. The molecule has 0 fully saturated rings. The molecule has 0 aliphatic rings. The van der Waals surface area contributed by atoms with Gasteiger partial charge in [0.05, 0.1) is 12.0 Å². The van der Waals surface area contributed by atoms with E-state index in [-0.39, 0.29) is 37.1 Å². The number of hydrogen-bond donors (Lipinski definition) is 4. The Bertz CT molecular complexity index is 615. The second-order valence-corrected chi connectivity index (χ2v) is 10.6. The van der Waals surface area contributed by atoms with Gasteiger partial charge >= 0.3 is 0 Å². The summed E-state index contributed by atoms with van der Waals surface area (Å²) in [5.41, 5.74) is 11.3. The van der Waals surface area contributed by atoms with Crippen LogP contribution < -0.4 is 22.1 Å². The first-order valence-electron chi connectivity index (χ1n) is 15.4. The molecule has 38 heavy (non-hydrogen) atoms. The van der Waals surface area contributed by atoms with Crippen molar-refractivity contribution in [3.05, 3.63) is 0 Å². The molecule has 0 radical (unpaired) electrons. The van der Waals surface area contributed by atoms with E-state index < -0.39 is 12.0 Å². The van der Waals surface area contributed by atoms with Gasteiger partial charge in [-0.2, -0.15) is 0 Å². The summed E-state index contributed by atoms with van der Waals surface area (Å²) in [4.78, 5) is 47.6. The molecule has 0 bridgehead atoms. The van der Waals surface area contributed by atoms with Gasteiger partial charge in [-0.25, -0.2) is 0 Å². The molecule has 6 N–H and O–H groups in total. The quantitative estimate of drug-likeness (QED) is 0.0645. The lowest BCUT2D eigenvalue weighted by molar-refractivity contribution is -0.128. The number of Topliss-reactive ketones (excluding diaryl/α,β-unsaturated/α-hetero) is 1. The number of rotatable bonds is 28. The van der Waals surface area contributed by atoms with E-state index in [1.807, 2.05) is 0 Å². The van der Waals surface area contributed by atoms with Gasteiger partial charge in [0, 0.05) is 25.9 Å². The van der Waals surface area contributed by atoms with Crippen LogP contribution in [0.15, 0.2) is 0 Å². The van der Waals surface area contributed by atoms with Crippen molar-refractivity contribution < 1.29 is 19.2 Å². The molecule has 1 unspecified atom stereocenters. The second-order valence-electron chi connectivity index (χ2n) is 10.6. The number of nitrogens with two attached hydrogens (primary N) is 2. The van der Waals surface area contributed by atoms with E-state index in [1.54, 1.807) is 0 Å². The Morgan fingerprint density at radius 3 is 1.68 bits per heavy atom. The number of ketones is 1. The second kappa shape index (κ2) is 26.8. The van der Waals surface area contributed by atoms with Crippen LogP contribution in [0.25, 0.3) is 0 Å². The first-order chi connectivity index (χ1) is 18.5. The number of carbonyl (C=O) groups is 4. The lowest BCUT2D eigenvalue weighted by Crippen LogP contribution is -2.42. The van der Waals surface area contributed by atoms with Crippen molar-refractivity contribution in [2.45, 2.75) is 141 Å². The minimum atomic E-state index is -0.952. The van der Waals surface area contributed by atoms with E-state index in [0.717, 1.165) is 25.7 Å². The normalized spacial score (nSPS) is 12.6. The molecule has 0 spiro atoms. The molecule has 8 heteroatoms. The molecule has 2 amide bonds. The number of hydrogen-bond acceptors (Lipinski definition) is 6. The minimum Gasteiger partial charge on any atom is -0.356 e. The first-order valence-corrected chi connectivity index (χ1v) is 15.4. The van der Waals surface area contributed by atoms with E-state index >= 15 is 0 Å². The highest BCUT2D eigenvalue weighted by Crippen LogP contribution is 2.13. The van der Waals surface area contributed by atoms with Gasteiger partial charge in [-0.1, -0.05) is 103 Å². The Morgan fingerprint density at radius 1 is 0.684 bits per heavy atom. The van der Waals surface area contributed by atoms with Crippen molar-refractivity contribution >= 4 is 23.9 Å². The molecule has 0 rings (SSSR count). The maximum absolute atomic E-state index is 12.3. The zero-order chi connectivity index (χ0) is 28.3. The third-order valence-corrected chi connectivity index (χ3v) is 7.07.